The molecule has 2 atom stereocenters. The van der Waals surface area contributed by atoms with E-state index in [1.165, 1.54) is 12.8 Å². The van der Waals surface area contributed by atoms with Gasteiger partial charge < -0.3 is 4.90 Å². The van der Waals surface area contributed by atoms with E-state index in [0.29, 0.717) is 0 Å². The Balaban J connectivity index is 4.21. The second-order valence-electron chi connectivity index (χ2n) is 4.23. The van der Waals surface area contributed by atoms with Crippen LogP contribution in [0.3, 0.4) is 0 Å². The molecule has 0 radical (unpaired) electrons. The fraction of sp³-hybridized carbons (Fsp3) is 1.00. The van der Waals surface area contributed by atoms with E-state index in [2.05, 4.69) is 46.7 Å². The summed E-state index contributed by atoms with van der Waals surface area (Å²) in [5.41, 5.74) is 0. The molecule has 0 saturated heterocycles. The summed E-state index contributed by atoms with van der Waals surface area (Å²) in [5.74, 6) is 1.63. The summed E-state index contributed by atoms with van der Waals surface area (Å²) in [6.45, 7) is 9.28. The monoisotopic (exact) mass is 171 g/mol. The molecule has 0 aliphatic carbocycles. The van der Waals surface area contributed by atoms with Crippen LogP contribution in [0, 0.1) is 11.8 Å². The van der Waals surface area contributed by atoms with Gasteiger partial charge in [-0.05, 0) is 25.9 Å². The van der Waals surface area contributed by atoms with Crippen LogP contribution in [0.4, 0.5) is 0 Å². The lowest BCUT2D eigenvalue weighted by molar-refractivity contribution is 0.152. The van der Waals surface area contributed by atoms with Crippen LogP contribution >= 0.6 is 0 Å². The summed E-state index contributed by atoms with van der Waals surface area (Å²) >= 11 is 0. The van der Waals surface area contributed by atoms with Crippen molar-refractivity contribution in [2.45, 2.75) is 46.6 Å². The first-order chi connectivity index (χ1) is 5.54. The van der Waals surface area contributed by atoms with Crippen molar-refractivity contribution in [3.8, 4) is 0 Å². The second kappa shape index (κ2) is 5.58. The van der Waals surface area contributed by atoms with Crippen LogP contribution < -0.4 is 0 Å². The quantitative estimate of drug-likeness (QED) is 0.614. The minimum absolute atomic E-state index is 0.750. The molecule has 74 valence electrons. The molecule has 0 rings (SSSR count). The molecule has 0 N–H and O–H groups in total. The third-order valence-corrected chi connectivity index (χ3v) is 3.05. The van der Waals surface area contributed by atoms with Crippen LogP contribution in [-0.2, 0) is 0 Å². The lowest BCUT2D eigenvalue weighted by Gasteiger charge is -2.34. The summed E-state index contributed by atoms with van der Waals surface area (Å²) in [6, 6.07) is 0.750. The van der Waals surface area contributed by atoms with Gasteiger partial charge in [-0.25, -0.2) is 0 Å². The molecule has 0 aliphatic rings. The van der Waals surface area contributed by atoms with Crippen molar-refractivity contribution in [1.29, 1.82) is 0 Å². The van der Waals surface area contributed by atoms with E-state index in [1.54, 1.807) is 0 Å². The van der Waals surface area contributed by atoms with Gasteiger partial charge in [0.2, 0.25) is 0 Å². The first-order valence-electron chi connectivity index (χ1n) is 5.20. The van der Waals surface area contributed by atoms with Gasteiger partial charge in [0, 0.05) is 6.04 Å². The van der Waals surface area contributed by atoms with Crippen LogP contribution in [0.25, 0.3) is 0 Å². The Labute approximate surface area is 78.1 Å². The predicted molar refractivity (Wildman–Crippen MR) is 56.4 cm³/mol. The predicted octanol–water partition coefficient (Wildman–Crippen LogP) is 3.01. The molecule has 12 heavy (non-hydrogen) atoms. The SMILES string of the molecule is CCC(C)C(C(C)CC)N(C)C. The molecule has 0 fully saturated rings. The fourth-order valence-electron chi connectivity index (χ4n) is 2.06. The van der Waals surface area contributed by atoms with Gasteiger partial charge in [-0.2, -0.15) is 0 Å². The van der Waals surface area contributed by atoms with Crippen LogP contribution in [0.1, 0.15) is 40.5 Å². The zero-order valence-electron chi connectivity index (χ0n) is 9.59. The lowest BCUT2D eigenvalue weighted by Crippen LogP contribution is -2.39. The minimum Gasteiger partial charge on any atom is -0.306 e. The molecule has 1 heteroatoms. The molecule has 0 amide bonds. The highest BCUT2D eigenvalue weighted by Gasteiger charge is 2.22. The van der Waals surface area contributed by atoms with Crippen molar-refractivity contribution in [2.24, 2.45) is 11.8 Å². The first-order valence-corrected chi connectivity index (χ1v) is 5.20. The van der Waals surface area contributed by atoms with Crippen molar-refractivity contribution in [2.75, 3.05) is 14.1 Å². The Kier molecular flexibility index (Phi) is 5.56. The van der Waals surface area contributed by atoms with Gasteiger partial charge in [0.1, 0.15) is 0 Å². The highest BCUT2D eigenvalue weighted by Crippen LogP contribution is 2.22. The Morgan fingerprint density at radius 1 is 0.917 bits per heavy atom. The molecule has 1 nitrogen and oxygen atoms in total. The van der Waals surface area contributed by atoms with E-state index in [1.807, 2.05) is 0 Å². The van der Waals surface area contributed by atoms with Crippen LogP contribution in [0.2, 0.25) is 0 Å². The molecule has 0 saturated carbocycles. The maximum absolute atomic E-state index is 2.38. The molecule has 0 aromatic carbocycles. The summed E-state index contributed by atoms with van der Waals surface area (Å²) in [6.07, 6.45) is 2.57. The average Bonchev–Trinajstić information content (AvgIpc) is 2.03. The number of hydrogen-bond donors (Lipinski definition) is 0. The zero-order valence-corrected chi connectivity index (χ0v) is 9.59. The highest BCUT2D eigenvalue weighted by atomic mass is 15.1. The topological polar surface area (TPSA) is 3.24 Å². The smallest absolute Gasteiger partial charge is 0.0140 e. The average molecular weight is 171 g/mol. The summed E-state index contributed by atoms with van der Waals surface area (Å²) in [5, 5.41) is 0. The van der Waals surface area contributed by atoms with Gasteiger partial charge in [-0.3, -0.25) is 0 Å². The van der Waals surface area contributed by atoms with Gasteiger partial charge in [0.15, 0.2) is 0 Å². The van der Waals surface area contributed by atoms with E-state index in [-0.39, 0.29) is 0 Å². The molecule has 0 heterocycles. The molecular weight excluding hydrogens is 146 g/mol. The third kappa shape index (κ3) is 3.14. The normalized spacial score (nSPS) is 19.2. The molecular formula is C11H25N. The standard InChI is InChI=1S/C11H25N/c1-7-9(3)11(12(5)6)10(4)8-2/h9-11H,7-8H2,1-6H3. The van der Waals surface area contributed by atoms with Crippen molar-refractivity contribution >= 4 is 0 Å². The highest BCUT2D eigenvalue weighted by molar-refractivity contribution is 4.76. The van der Waals surface area contributed by atoms with E-state index < -0.39 is 0 Å². The van der Waals surface area contributed by atoms with E-state index >= 15 is 0 Å². The second-order valence-corrected chi connectivity index (χ2v) is 4.23. The van der Waals surface area contributed by atoms with Crippen molar-refractivity contribution in [3.05, 3.63) is 0 Å². The zero-order chi connectivity index (χ0) is 9.72. The first kappa shape index (κ1) is 12.0. The van der Waals surface area contributed by atoms with Crippen molar-refractivity contribution in [3.63, 3.8) is 0 Å². The van der Waals surface area contributed by atoms with Crippen molar-refractivity contribution < 1.29 is 0 Å². The summed E-state index contributed by atoms with van der Waals surface area (Å²) < 4.78 is 0. The molecule has 0 aromatic rings. The van der Waals surface area contributed by atoms with Gasteiger partial charge in [-0.15, -0.1) is 0 Å². The van der Waals surface area contributed by atoms with Crippen LogP contribution in [0.15, 0.2) is 0 Å². The van der Waals surface area contributed by atoms with E-state index in [4.69, 9.17) is 0 Å². The Morgan fingerprint density at radius 3 is 1.42 bits per heavy atom. The van der Waals surface area contributed by atoms with Gasteiger partial charge in [0.05, 0.1) is 0 Å². The Bertz CT molecular complexity index is 99.6. The molecule has 0 aromatic heterocycles. The maximum atomic E-state index is 2.38. The number of rotatable bonds is 5. The van der Waals surface area contributed by atoms with Crippen molar-refractivity contribution in [1.82, 2.24) is 4.90 Å². The fourth-order valence-corrected chi connectivity index (χ4v) is 2.06. The minimum atomic E-state index is 0.750. The Morgan fingerprint density at radius 2 is 1.25 bits per heavy atom. The Hall–Kier alpha value is -0.0400. The largest absolute Gasteiger partial charge is 0.306 e. The third-order valence-electron chi connectivity index (χ3n) is 3.05. The van der Waals surface area contributed by atoms with Gasteiger partial charge in [-0.1, -0.05) is 40.5 Å². The van der Waals surface area contributed by atoms with E-state index in [0.717, 1.165) is 17.9 Å². The van der Waals surface area contributed by atoms with Crippen LogP contribution in [0.5, 0.6) is 0 Å². The van der Waals surface area contributed by atoms with E-state index in [9.17, 15) is 0 Å². The summed E-state index contributed by atoms with van der Waals surface area (Å²) in [7, 11) is 4.39. The number of hydrogen-bond acceptors (Lipinski definition) is 1. The molecule has 2 unspecified atom stereocenters. The molecule has 0 bridgehead atoms. The number of nitrogens with zero attached hydrogens (tertiary/aromatic N) is 1. The maximum Gasteiger partial charge on any atom is 0.0140 e. The molecule has 0 spiro atoms. The van der Waals surface area contributed by atoms with Crippen LogP contribution in [-0.4, -0.2) is 25.0 Å². The lowest BCUT2D eigenvalue weighted by atomic mass is 9.86. The molecule has 0 aliphatic heterocycles. The summed E-state index contributed by atoms with van der Waals surface area (Å²) in [4.78, 5) is 2.38. The van der Waals surface area contributed by atoms with Gasteiger partial charge >= 0.3 is 0 Å². The van der Waals surface area contributed by atoms with Gasteiger partial charge in [0.25, 0.3) is 0 Å².